The Balaban J connectivity index is 1.34. The number of nitrogens with zero attached hydrogens (tertiary/aromatic N) is 4. The van der Waals surface area contributed by atoms with E-state index < -0.39 is 0 Å². The van der Waals surface area contributed by atoms with Crippen LogP contribution in [0.2, 0.25) is 0 Å². The molecule has 7 heteroatoms. The number of hydrogen-bond acceptors (Lipinski definition) is 6. The third-order valence-corrected chi connectivity index (χ3v) is 5.83. The summed E-state index contributed by atoms with van der Waals surface area (Å²) < 4.78 is 10.8. The van der Waals surface area contributed by atoms with Gasteiger partial charge in [0.2, 0.25) is 0 Å². The zero-order valence-corrected chi connectivity index (χ0v) is 18.2. The molecular formula is C25H25N5O2. The zero-order chi connectivity index (χ0) is 21.9. The summed E-state index contributed by atoms with van der Waals surface area (Å²) in [6, 6.07) is 16.0. The normalized spacial score (nSPS) is 13.6. The summed E-state index contributed by atoms with van der Waals surface area (Å²) in [4.78, 5) is 11.9. The summed E-state index contributed by atoms with van der Waals surface area (Å²) in [7, 11) is 3.28. The van der Waals surface area contributed by atoms with E-state index >= 15 is 0 Å². The van der Waals surface area contributed by atoms with Crippen molar-refractivity contribution in [2.24, 2.45) is 0 Å². The number of rotatable bonds is 6. The fraction of sp³-hybridized carbons (Fsp3) is 0.240. The van der Waals surface area contributed by atoms with E-state index in [4.69, 9.17) is 14.5 Å². The number of H-pyrrole nitrogens is 1. The molecule has 0 atom stereocenters. The van der Waals surface area contributed by atoms with Gasteiger partial charge in [-0.2, -0.15) is 5.10 Å². The molecule has 0 bridgehead atoms. The predicted molar refractivity (Wildman–Crippen MR) is 122 cm³/mol. The van der Waals surface area contributed by atoms with Crippen LogP contribution in [0.5, 0.6) is 11.5 Å². The first-order valence-electron chi connectivity index (χ1n) is 10.6. The van der Waals surface area contributed by atoms with Crippen LogP contribution < -0.4 is 9.47 Å². The van der Waals surface area contributed by atoms with Crippen LogP contribution in [0.3, 0.4) is 0 Å². The third kappa shape index (κ3) is 3.94. The first-order chi connectivity index (χ1) is 15.7. The molecule has 7 nitrogen and oxygen atoms in total. The van der Waals surface area contributed by atoms with Crippen molar-refractivity contribution in [3.8, 4) is 34.1 Å². The Hall–Kier alpha value is -3.71. The number of fused-ring (bicyclic) bond motifs is 1. The van der Waals surface area contributed by atoms with Crippen molar-refractivity contribution in [1.82, 2.24) is 25.1 Å². The number of aromatic nitrogens is 4. The molecular weight excluding hydrogens is 402 g/mol. The van der Waals surface area contributed by atoms with E-state index in [2.05, 4.69) is 20.1 Å². The lowest BCUT2D eigenvalue weighted by molar-refractivity contribution is 0.243. The van der Waals surface area contributed by atoms with E-state index in [1.165, 1.54) is 5.56 Å². The van der Waals surface area contributed by atoms with Gasteiger partial charge in [0.15, 0.2) is 17.3 Å². The van der Waals surface area contributed by atoms with Crippen LogP contribution in [0, 0.1) is 0 Å². The highest BCUT2D eigenvalue weighted by molar-refractivity contribution is 5.66. The second-order valence-electron chi connectivity index (χ2n) is 7.83. The van der Waals surface area contributed by atoms with Gasteiger partial charge in [-0.15, -0.1) is 0 Å². The van der Waals surface area contributed by atoms with Crippen molar-refractivity contribution in [3.63, 3.8) is 0 Å². The average molecular weight is 428 g/mol. The van der Waals surface area contributed by atoms with Crippen LogP contribution in [0.1, 0.15) is 16.8 Å². The van der Waals surface area contributed by atoms with Crippen molar-refractivity contribution < 1.29 is 9.47 Å². The van der Waals surface area contributed by atoms with Gasteiger partial charge in [-0.25, -0.2) is 9.97 Å². The quantitative estimate of drug-likeness (QED) is 0.499. The molecule has 0 spiro atoms. The molecule has 1 N–H and O–H groups in total. The van der Waals surface area contributed by atoms with Crippen molar-refractivity contribution in [3.05, 3.63) is 77.7 Å². The summed E-state index contributed by atoms with van der Waals surface area (Å²) in [5.41, 5.74) is 6.53. The van der Waals surface area contributed by atoms with Crippen LogP contribution in [0.15, 0.2) is 60.9 Å². The van der Waals surface area contributed by atoms with E-state index in [9.17, 15) is 0 Å². The lowest BCUT2D eigenvalue weighted by atomic mass is 10.0. The van der Waals surface area contributed by atoms with E-state index in [-0.39, 0.29) is 0 Å². The van der Waals surface area contributed by atoms with Gasteiger partial charge in [-0.1, -0.05) is 30.3 Å². The number of nitrogens with one attached hydrogen (secondary N) is 1. The van der Waals surface area contributed by atoms with Gasteiger partial charge >= 0.3 is 0 Å². The molecule has 1 aliphatic rings. The molecule has 0 amide bonds. The minimum atomic E-state index is 0.698. The van der Waals surface area contributed by atoms with E-state index in [1.807, 2.05) is 60.9 Å². The second kappa shape index (κ2) is 8.80. The van der Waals surface area contributed by atoms with Gasteiger partial charge in [-0.3, -0.25) is 10.00 Å². The second-order valence-corrected chi connectivity index (χ2v) is 7.83. The van der Waals surface area contributed by atoms with E-state index in [0.717, 1.165) is 60.0 Å². The third-order valence-electron chi connectivity index (χ3n) is 5.83. The fourth-order valence-electron chi connectivity index (χ4n) is 4.15. The molecule has 32 heavy (non-hydrogen) atoms. The molecule has 0 radical (unpaired) electrons. The molecule has 2 aromatic heterocycles. The van der Waals surface area contributed by atoms with Gasteiger partial charge in [0.25, 0.3) is 0 Å². The van der Waals surface area contributed by atoms with Gasteiger partial charge in [0, 0.05) is 54.5 Å². The maximum atomic E-state index is 5.46. The van der Waals surface area contributed by atoms with Crippen LogP contribution >= 0.6 is 0 Å². The first-order valence-corrected chi connectivity index (χ1v) is 10.6. The largest absolute Gasteiger partial charge is 0.493 e. The van der Waals surface area contributed by atoms with Gasteiger partial charge in [-0.05, 0) is 18.2 Å². The van der Waals surface area contributed by atoms with Crippen molar-refractivity contribution >= 4 is 0 Å². The van der Waals surface area contributed by atoms with Crippen LogP contribution in [-0.4, -0.2) is 45.8 Å². The Labute approximate surface area is 187 Å². The Bertz CT molecular complexity index is 1220. The van der Waals surface area contributed by atoms with Crippen molar-refractivity contribution in [2.75, 3.05) is 20.8 Å². The van der Waals surface area contributed by atoms with Crippen LogP contribution in [0.25, 0.3) is 22.6 Å². The molecule has 1 aliphatic heterocycles. The maximum Gasteiger partial charge on any atom is 0.161 e. The maximum absolute atomic E-state index is 5.46. The first kappa shape index (κ1) is 20.2. The van der Waals surface area contributed by atoms with Crippen molar-refractivity contribution in [2.45, 2.75) is 19.5 Å². The van der Waals surface area contributed by atoms with Gasteiger partial charge < -0.3 is 9.47 Å². The summed E-state index contributed by atoms with van der Waals surface area (Å²) in [6.07, 6.45) is 4.78. The molecule has 162 valence electrons. The van der Waals surface area contributed by atoms with Gasteiger partial charge in [0.1, 0.15) is 0 Å². The molecule has 4 aromatic rings. The molecule has 2 aromatic carbocycles. The predicted octanol–water partition coefficient (Wildman–Crippen LogP) is 4.11. The Morgan fingerprint density at radius 3 is 2.62 bits per heavy atom. The fourth-order valence-corrected chi connectivity index (χ4v) is 4.15. The monoisotopic (exact) mass is 427 g/mol. The van der Waals surface area contributed by atoms with Crippen LogP contribution in [0.4, 0.5) is 0 Å². The topological polar surface area (TPSA) is 76.2 Å². The average Bonchev–Trinajstić information content (AvgIpc) is 3.31. The Morgan fingerprint density at radius 1 is 0.969 bits per heavy atom. The standard InChI is InChI=1S/C25H25N5O2/c1-31-22-9-8-18(12-23(22)32-2)24-20(14-27-29-24)16-30-11-10-21-19(15-30)13-26-25(28-21)17-6-4-3-5-7-17/h3-9,12-14H,10-11,15-16H2,1-2H3,(H,27,29). The van der Waals surface area contributed by atoms with Crippen molar-refractivity contribution in [1.29, 1.82) is 0 Å². The molecule has 5 rings (SSSR count). The number of ether oxygens (including phenoxy) is 2. The number of hydrogen-bond donors (Lipinski definition) is 1. The van der Waals surface area contributed by atoms with E-state index in [0.29, 0.717) is 11.5 Å². The zero-order valence-electron chi connectivity index (χ0n) is 18.2. The molecule has 0 fully saturated rings. The SMILES string of the molecule is COc1ccc(-c2[nH]ncc2CN2CCc3nc(-c4ccccc4)ncc3C2)cc1OC. The lowest BCUT2D eigenvalue weighted by Crippen LogP contribution is -2.31. The number of aromatic amines is 1. The Kier molecular flexibility index (Phi) is 5.56. The smallest absolute Gasteiger partial charge is 0.161 e. The number of methoxy groups -OCH3 is 2. The minimum absolute atomic E-state index is 0.698. The lowest BCUT2D eigenvalue weighted by Gasteiger charge is -2.28. The molecule has 0 unspecified atom stereocenters. The highest BCUT2D eigenvalue weighted by Crippen LogP contribution is 2.33. The molecule has 0 saturated carbocycles. The summed E-state index contributed by atoms with van der Waals surface area (Å²) in [5.74, 6) is 2.20. The summed E-state index contributed by atoms with van der Waals surface area (Å²) >= 11 is 0. The van der Waals surface area contributed by atoms with E-state index in [1.54, 1.807) is 14.2 Å². The number of benzene rings is 2. The van der Waals surface area contributed by atoms with Gasteiger partial charge in [0.05, 0.1) is 31.8 Å². The Morgan fingerprint density at radius 2 is 1.81 bits per heavy atom. The molecule has 0 saturated heterocycles. The molecule has 3 heterocycles. The highest BCUT2D eigenvalue weighted by atomic mass is 16.5. The van der Waals surface area contributed by atoms with Crippen LogP contribution in [-0.2, 0) is 19.5 Å². The minimum Gasteiger partial charge on any atom is -0.493 e. The molecule has 0 aliphatic carbocycles. The summed E-state index contributed by atoms with van der Waals surface area (Å²) in [6.45, 7) is 2.55. The summed E-state index contributed by atoms with van der Waals surface area (Å²) in [5, 5.41) is 7.45. The highest BCUT2D eigenvalue weighted by Gasteiger charge is 2.21.